The van der Waals surface area contributed by atoms with Gasteiger partial charge in [-0.2, -0.15) is 0 Å². The predicted molar refractivity (Wildman–Crippen MR) is 63.6 cm³/mol. The first-order valence-electron chi connectivity index (χ1n) is 4.44. The molecule has 0 radical (unpaired) electrons. The third-order valence-corrected chi connectivity index (χ3v) is 3.75. The Morgan fingerprint density at radius 1 is 1.47 bits per heavy atom. The standard InChI is InChI=1S/C11H9BrO2S/c1-6-3-4-14-11(6)10(13)8-5-9(12)15-7(8)2/h3-5H,1-2H3. The lowest BCUT2D eigenvalue weighted by Crippen LogP contribution is -2.01. The molecule has 2 aromatic heterocycles. The summed E-state index contributed by atoms with van der Waals surface area (Å²) in [7, 11) is 0. The first kappa shape index (κ1) is 10.6. The minimum atomic E-state index is -0.0445. The average Bonchev–Trinajstić information content (AvgIpc) is 2.71. The van der Waals surface area contributed by atoms with Crippen LogP contribution >= 0.6 is 27.3 Å². The van der Waals surface area contributed by atoms with E-state index in [1.807, 2.05) is 19.9 Å². The summed E-state index contributed by atoms with van der Waals surface area (Å²) in [5.74, 6) is 0.389. The summed E-state index contributed by atoms with van der Waals surface area (Å²) in [5, 5.41) is 0. The van der Waals surface area contributed by atoms with Gasteiger partial charge >= 0.3 is 0 Å². The Balaban J connectivity index is 2.45. The van der Waals surface area contributed by atoms with Crippen LogP contribution in [0.25, 0.3) is 0 Å². The number of hydrogen-bond donors (Lipinski definition) is 0. The molecule has 78 valence electrons. The van der Waals surface area contributed by atoms with Gasteiger partial charge in [-0.1, -0.05) is 0 Å². The number of furan rings is 1. The van der Waals surface area contributed by atoms with Gasteiger partial charge in [-0.3, -0.25) is 4.79 Å². The zero-order chi connectivity index (χ0) is 11.0. The van der Waals surface area contributed by atoms with Crippen molar-refractivity contribution in [1.29, 1.82) is 0 Å². The van der Waals surface area contributed by atoms with E-state index in [1.54, 1.807) is 23.7 Å². The summed E-state index contributed by atoms with van der Waals surface area (Å²) in [6.07, 6.45) is 1.54. The van der Waals surface area contributed by atoms with Gasteiger partial charge in [0.2, 0.25) is 5.78 Å². The SMILES string of the molecule is Cc1ccoc1C(=O)c1cc(Br)sc1C. The van der Waals surface area contributed by atoms with E-state index >= 15 is 0 Å². The fourth-order valence-corrected chi connectivity index (χ4v) is 3.09. The summed E-state index contributed by atoms with van der Waals surface area (Å²) in [4.78, 5) is 13.1. The third kappa shape index (κ3) is 1.92. The Morgan fingerprint density at radius 3 is 2.67 bits per heavy atom. The van der Waals surface area contributed by atoms with Crippen LogP contribution in [0.1, 0.15) is 26.6 Å². The Kier molecular flexibility index (Phi) is 2.80. The molecule has 2 nitrogen and oxygen atoms in total. The lowest BCUT2D eigenvalue weighted by Gasteiger charge is -1.96. The van der Waals surface area contributed by atoms with E-state index in [0.29, 0.717) is 11.3 Å². The van der Waals surface area contributed by atoms with Crippen molar-refractivity contribution in [3.8, 4) is 0 Å². The topological polar surface area (TPSA) is 30.2 Å². The van der Waals surface area contributed by atoms with Crippen LogP contribution in [-0.4, -0.2) is 5.78 Å². The Morgan fingerprint density at radius 2 is 2.20 bits per heavy atom. The van der Waals surface area contributed by atoms with Crippen molar-refractivity contribution in [3.63, 3.8) is 0 Å². The summed E-state index contributed by atoms with van der Waals surface area (Å²) in [5.41, 5.74) is 1.59. The highest BCUT2D eigenvalue weighted by Gasteiger charge is 2.18. The van der Waals surface area contributed by atoms with Crippen molar-refractivity contribution in [2.45, 2.75) is 13.8 Å². The molecule has 0 saturated carbocycles. The number of halogens is 1. The molecule has 15 heavy (non-hydrogen) atoms. The van der Waals surface area contributed by atoms with Crippen LogP contribution in [0.5, 0.6) is 0 Å². The molecule has 0 atom stereocenters. The van der Waals surface area contributed by atoms with Crippen LogP contribution in [0, 0.1) is 13.8 Å². The second-order valence-corrected chi connectivity index (χ2v) is 5.92. The second-order valence-electron chi connectivity index (χ2n) is 3.28. The van der Waals surface area contributed by atoms with Crippen molar-refractivity contribution in [3.05, 3.63) is 43.9 Å². The second kappa shape index (κ2) is 3.94. The Labute approximate surface area is 100 Å². The lowest BCUT2D eigenvalue weighted by atomic mass is 10.1. The van der Waals surface area contributed by atoms with Gasteiger partial charge < -0.3 is 4.42 Å². The number of thiophene rings is 1. The van der Waals surface area contributed by atoms with E-state index < -0.39 is 0 Å². The summed E-state index contributed by atoms with van der Waals surface area (Å²) in [6.45, 7) is 3.80. The molecular weight excluding hydrogens is 276 g/mol. The van der Waals surface area contributed by atoms with Crippen LogP contribution in [0.3, 0.4) is 0 Å². The first-order chi connectivity index (χ1) is 7.09. The molecule has 2 aromatic rings. The lowest BCUT2D eigenvalue weighted by molar-refractivity contribution is 0.101. The normalized spacial score (nSPS) is 10.6. The van der Waals surface area contributed by atoms with E-state index in [1.165, 1.54) is 0 Å². The number of rotatable bonds is 2. The number of aryl methyl sites for hydroxylation is 2. The summed E-state index contributed by atoms with van der Waals surface area (Å²) in [6, 6.07) is 3.63. The fourth-order valence-electron chi connectivity index (χ4n) is 1.40. The van der Waals surface area contributed by atoms with Gasteiger partial charge in [0.25, 0.3) is 0 Å². The van der Waals surface area contributed by atoms with Crippen LogP contribution in [0.4, 0.5) is 0 Å². The molecule has 0 fully saturated rings. The van der Waals surface area contributed by atoms with Crippen molar-refractivity contribution < 1.29 is 9.21 Å². The van der Waals surface area contributed by atoms with Crippen LogP contribution in [-0.2, 0) is 0 Å². The van der Waals surface area contributed by atoms with Crippen molar-refractivity contribution in [2.24, 2.45) is 0 Å². The molecule has 4 heteroatoms. The van der Waals surface area contributed by atoms with E-state index in [2.05, 4.69) is 15.9 Å². The molecule has 0 aromatic carbocycles. The maximum Gasteiger partial charge on any atom is 0.229 e. The molecule has 0 aliphatic carbocycles. The van der Waals surface area contributed by atoms with Gasteiger partial charge in [-0.15, -0.1) is 11.3 Å². The molecule has 0 unspecified atom stereocenters. The van der Waals surface area contributed by atoms with Gasteiger partial charge in [0.05, 0.1) is 10.0 Å². The molecule has 0 amide bonds. The number of hydrogen-bond acceptors (Lipinski definition) is 3. The fraction of sp³-hybridized carbons (Fsp3) is 0.182. The maximum absolute atomic E-state index is 12.1. The minimum absolute atomic E-state index is 0.0445. The van der Waals surface area contributed by atoms with E-state index in [0.717, 1.165) is 14.2 Å². The molecule has 0 saturated heterocycles. The molecule has 0 spiro atoms. The van der Waals surface area contributed by atoms with Gasteiger partial charge in [0, 0.05) is 10.4 Å². The molecule has 2 rings (SSSR count). The van der Waals surface area contributed by atoms with Crippen LogP contribution in [0.2, 0.25) is 0 Å². The number of ketones is 1. The highest BCUT2D eigenvalue weighted by molar-refractivity contribution is 9.11. The highest BCUT2D eigenvalue weighted by Crippen LogP contribution is 2.28. The highest BCUT2D eigenvalue weighted by atomic mass is 79.9. The summed E-state index contributed by atoms with van der Waals surface area (Å²) < 4.78 is 6.15. The molecule has 0 N–H and O–H groups in total. The van der Waals surface area contributed by atoms with Gasteiger partial charge in [0.1, 0.15) is 0 Å². The summed E-state index contributed by atoms with van der Waals surface area (Å²) >= 11 is 4.92. The quantitative estimate of drug-likeness (QED) is 0.782. The zero-order valence-corrected chi connectivity index (χ0v) is 10.7. The predicted octanol–water partition coefficient (Wildman–Crippen LogP) is 3.95. The average molecular weight is 285 g/mol. The van der Waals surface area contributed by atoms with E-state index in [4.69, 9.17) is 4.42 Å². The molecule has 0 aliphatic heterocycles. The molecule has 0 aliphatic rings. The maximum atomic E-state index is 12.1. The van der Waals surface area contributed by atoms with Gasteiger partial charge in [0.15, 0.2) is 5.76 Å². The molecule has 0 bridgehead atoms. The Bertz CT molecular complexity index is 510. The smallest absolute Gasteiger partial charge is 0.229 e. The van der Waals surface area contributed by atoms with Crippen LogP contribution in [0.15, 0.2) is 26.6 Å². The van der Waals surface area contributed by atoms with E-state index in [9.17, 15) is 4.79 Å². The monoisotopic (exact) mass is 284 g/mol. The number of carbonyl (C=O) groups excluding carboxylic acids is 1. The largest absolute Gasteiger partial charge is 0.461 e. The van der Waals surface area contributed by atoms with Crippen molar-refractivity contribution in [1.82, 2.24) is 0 Å². The van der Waals surface area contributed by atoms with Gasteiger partial charge in [-0.05, 0) is 47.5 Å². The van der Waals surface area contributed by atoms with E-state index in [-0.39, 0.29) is 5.78 Å². The van der Waals surface area contributed by atoms with Crippen LogP contribution < -0.4 is 0 Å². The minimum Gasteiger partial charge on any atom is -0.461 e. The Hall–Kier alpha value is -0.870. The number of carbonyl (C=O) groups is 1. The first-order valence-corrected chi connectivity index (χ1v) is 6.05. The van der Waals surface area contributed by atoms with Crippen molar-refractivity contribution >= 4 is 33.0 Å². The zero-order valence-electron chi connectivity index (χ0n) is 8.33. The van der Waals surface area contributed by atoms with Crippen molar-refractivity contribution in [2.75, 3.05) is 0 Å². The molecule has 2 heterocycles. The third-order valence-electron chi connectivity index (χ3n) is 2.20. The molecular formula is C11H9BrO2S. The van der Waals surface area contributed by atoms with Gasteiger partial charge in [-0.25, -0.2) is 0 Å².